The minimum atomic E-state index is -4.55. The minimum absolute atomic E-state index is 0.266. The second kappa shape index (κ2) is 4.29. The van der Waals surface area contributed by atoms with E-state index in [-0.39, 0.29) is 11.4 Å². The van der Waals surface area contributed by atoms with Crippen LogP contribution in [0.25, 0.3) is 11.1 Å². The van der Waals surface area contributed by atoms with Crippen molar-refractivity contribution in [2.45, 2.75) is 6.18 Å². The van der Waals surface area contributed by atoms with Crippen molar-refractivity contribution in [2.24, 2.45) is 0 Å². The third kappa shape index (κ3) is 2.42. The van der Waals surface area contributed by atoms with Crippen LogP contribution in [0.4, 0.5) is 23.4 Å². The molecule has 0 aliphatic carbocycles. The van der Waals surface area contributed by atoms with Crippen molar-refractivity contribution in [3.05, 3.63) is 47.9 Å². The molecule has 94 valence electrons. The van der Waals surface area contributed by atoms with Gasteiger partial charge in [-0.05, 0) is 29.8 Å². The van der Waals surface area contributed by atoms with Crippen molar-refractivity contribution in [3.8, 4) is 11.1 Å². The van der Waals surface area contributed by atoms with Crippen LogP contribution in [0.3, 0.4) is 0 Å². The molecule has 0 aliphatic rings. The second-order valence-electron chi connectivity index (χ2n) is 3.64. The summed E-state index contributed by atoms with van der Waals surface area (Å²) in [5.74, 6) is -0.776. The van der Waals surface area contributed by atoms with Crippen LogP contribution in [0.2, 0.25) is 0 Å². The zero-order valence-corrected chi connectivity index (χ0v) is 9.00. The quantitative estimate of drug-likeness (QED) is 0.793. The molecule has 0 atom stereocenters. The number of anilines is 1. The van der Waals surface area contributed by atoms with Crippen LogP contribution in [0.15, 0.2) is 36.4 Å². The van der Waals surface area contributed by atoms with Crippen molar-refractivity contribution < 1.29 is 17.6 Å². The van der Waals surface area contributed by atoms with Crippen LogP contribution in [0.5, 0.6) is 0 Å². The molecule has 0 fully saturated rings. The Kier molecular flexibility index (Phi) is 2.94. The van der Waals surface area contributed by atoms with Crippen molar-refractivity contribution in [1.82, 2.24) is 4.98 Å². The summed E-state index contributed by atoms with van der Waals surface area (Å²) in [6, 6.07) is 7.40. The van der Waals surface area contributed by atoms with Gasteiger partial charge in [0.1, 0.15) is 17.3 Å². The molecule has 1 aromatic heterocycles. The van der Waals surface area contributed by atoms with Crippen LogP contribution < -0.4 is 5.73 Å². The van der Waals surface area contributed by atoms with Crippen LogP contribution in [-0.4, -0.2) is 4.98 Å². The number of rotatable bonds is 1. The van der Waals surface area contributed by atoms with E-state index in [2.05, 4.69) is 4.98 Å². The molecule has 18 heavy (non-hydrogen) atoms. The molecule has 1 heterocycles. The lowest BCUT2D eigenvalue weighted by Gasteiger charge is -2.09. The van der Waals surface area contributed by atoms with E-state index in [4.69, 9.17) is 5.73 Å². The van der Waals surface area contributed by atoms with Crippen LogP contribution in [0.1, 0.15) is 5.69 Å². The number of nitrogen functional groups attached to an aromatic ring is 1. The van der Waals surface area contributed by atoms with Crippen LogP contribution >= 0.6 is 0 Å². The molecule has 0 saturated heterocycles. The number of benzene rings is 1. The summed E-state index contributed by atoms with van der Waals surface area (Å²) < 4.78 is 50.2. The number of hydrogen-bond acceptors (Lipinski definition) is 2. The van der Waals surface area contributed by atoms with Gasteiger partial charge in [-0.25, -0.2) is 9.37 Å². The highest BCUT2D eigenvalue weighted by Crippen LogP contribution is 2.32. The van der Waals surface area contributed by atoms with E-state index in [1.165, 1.54) is 24.3 Å². The SMILES string of the molecule is Nc1nc(C(F)(F)F)ccc1-c1cccc(F)c1. The van der Waals surface area contributed by atoms with Gasteiger partial charge in [-0.3, -0.25) is 0 Å². The predicted molar refractivity (Wildman–Crippen MR) is 59.0 cm³/mol. The normalized spacial score (nSPS) is 11.6. The smallest absolute Gasteiger partial charge is 0.383 e. The summed E-state index contributed by atoms with van der Waals surface area (Å²) in [6.07, 6.45) is -4.55. The van der Waals surface area contributed by atoms with E-state index in [0.717, 1.165) is 6.07 Å². The lowest BCUT2D eigenvalue weighted by molar-refractivity contribution is -0.141. The first-order chi connectivity index (χ1) is 8.38. The molecule has 2 rings (SSSR count). The number of hydrogen-bond donors (Lipinski definition) is 1. The molecular weight excluding hydrogens is 248 g/mol. The first kappa shape index (κ1) is 12.3. The number of alkyl halides is 3. The summed E-state index contributed by atoms with van der Waals surface area (Å²) in [5.41, 5.74) is 5.05. The van der Waals surface area contributed by atoms with E-state index in [1.807, 2.05) is 0 Å². The van der Waals surface area contributed by atoms with E-state index >= 15 is 0 Å². The van der Waals surface area contributed by atoms with Gasteiger partial charge in [-0.15, -0.1) is 0 Å². The second-order valence-corrected chi connectivity index (χ2v) is 3.64. The molecule has 6 heteroatoms. The lowest BCUT2D eigenvalue weighted by Crippen LogP contribution is -2.09. The van der Waals surface area contributed by atoms with Gasteiger partial charge in [0.2, 0.25) is 0 Å². The van der Waals surface area contributed by atoms with Crippen LogP contribution in [-0.2, 0) is 6.18 Å². The first-order valence-corrected chi connectivity index (χ1v) is 4.97. The Labute approximate surface area is 100 Å². The first-order valence-electron chi connectivity index (χ1n) is 4.97. The van der Waals surface area contributed by atoms with Crippen molar-refractivity contribution in [1.29, 1.82) is 0 Å². The average molecular weight is 256 g/mol. The Morgan fingerprint density at radius 1 is 1.06 bits per heavy atom. The van der Waals surface area contributed by atoms with Crippen molar-refractivity contribution >= 4 is 5.82 Å². The third-order valence-electron chi connectivity index (χ3n) is 2.35. The van der Waals surface area contributed by atoms with E-state index in [1.54, 1.807) is 6.07 Å². The van der Waals surface area contributed by atoms with Crippen LogP contribution in [0, 0.1) is 5.82 Å². The zero-order valence-electron chi connectivity index (χ0n) is 9.00. The molecule has 0 aliphatic heterocycles. The van der Waals surface area contributed by atoms with Crippen molar-refractivity contribution in [3.63, 3.8) is 0 Å². The Bertz CT molecular complexity index is 579. The van der Waals surface area contributed by atoms with Gasteiger partial charge >= 0.3 is 6.18 Å². The van der Waals surface area contributed by atoms with E-state index in [9.17, 15) is 17.6 Å². The molecule has 0 saturated carbocycles. The molecule has 0 bridgehead atoms. The number of pyridine rings is 1. The lowest BCUT2D eigenvalue weighted by atomic mass is 10.1. The molecule has 2 aromatic rings. The van der Waals surface area contributed by atoms with Gasteiger partial charge < -0.3 is 5.73 Å². The molecule has 2 nitrogen and oxygen atoms in total. The number of nitrogens with zero attached hydrogens (tertiary/aromatic N) is 1. The van der Waals surface area contributed by atoms with Gasteiger partial charge in [0, 0.05) is 5.56 Å². The van der Waals surface area contributed by atoms with Gasteiger partial charge in [-0.2, -0.15) is 13.2 Å². The Balaban J connectivity index is 2.48. The number of nitrogens with two attached hydrogens (primary N) is 1. The molecular formula is C12H8F4N2. The summed E-state index contributed by atoms with van der Waals surface area (Å²) in [6.45, 7) is 0. The Hall–Kier alpha value is -2.11. The largest absolute Gasteiger partial charge is 0.433 e. The third-order valence-corrected chi connectivity index (χ3v) is 2.35. The standard InChI is InChI=1S/C12H8F4N2/c13-8-3-1-2-7(6-8)9-4-5-10(12(14,15)16)18-11(9)17/h1-6H,(H2,17,18). The fraction of sp³-hybridized carbons (Fsp3) is 0.0833. The number of halogens is 4. The molecule has 0 radical (unpaired) electrons. The van der Waals surface area contributed by atoms with Gasteiger partial charge in [0.15, 0.2) is 0 Å². The predicted octanol–water partition coefficient (Wildman–Crippen LogP) is 3.49. The number of aromatic nitrogens is 1. The average Bonchev–Trinajstić information content (AvgIpc) is 2.27. The highest BCUT2D eigenvalue weighted by Gasteiger charge is 2.32. The molecule has 0 unspecified atom stereocenters. The zero-order chi connectivity index (χ0) is 13.3. The Morgan fingerprint density at radius 3 is 2.33 bits per heavy atom. The summed E-state index contributed by atoms with van der Waals surface area (Å²) in [7, 11) is 0. The molecule has 0 spiro atoms. The maximum atomic E-state index is 13.0. The molecule has 1 aromatic carbocycles. The fourth-order valence-corrected chi connectivity index (χ4v) is 1.53. The summed E-state index contributed by atoms with van der Waals surface area (Å²) in [5, 5.41) is 0. The summed E-state index contributed by atoms with van der Waals surface area (Å²) in [4.78, 5) is 3.28. The van der Waals surface area contributed by atoms with Gasteiger partial charge in [0.25, 0.3) is 0 Å². The van der Waals surface area contributed by atoms with Gasteiger partial charge in [-0.1, -0.05) is 12.1 Å². The van der Waals surface area contributed by atoms with Crippen molar-refractivity contribution in [2.75, 3.05) is 5.73 Å². The molecule has 0 amide bonds. The Morgan fingerprint density at radius 2 is 1.78 bits per heavy atom. The highest BCUT2D eigenvalue weighted by molar-refractivity contribution is 5.73. The maximum Gasteiger partial charge on any atom is 0.433 e. The fourth-order valence-electron chi connectivity index (χ4n) is 1.53. The van der Waals surface area contributed by atoms with E-state index in [0.29, 0.717) is 5.56 Å². The summed E-state index contributed by atoms with van der Waals surface area (Å²) >= 11 is 0. The highest BCUT2D eigenvalue weighted by atomic mass is 19.4. The maximum absolute atomic E-state index is 13.0. The molecule has 2 N–H and O–H groups in total. The topological polar surface area (TPSA) is 38.9 Å². The van der Waals surface area contributed by atoms with E-state index < -0.39 is 17.7 Å². The minimum Gasteiger partial charge on any atom is -0.383 e. The monoisotopic (exact) mass is 256 g/mol. The van der Waals surface area contributed by atoms with Gasteiger partial charge in [0.05, 0.1) is 0 Å².